The number of likely N-dealkylation sites (tertiary alicyclic amines) is 4. The fraction of sp³-hybridized carbons (Fsp3) is 1.00. The molecule has 132 valence electrons. The highest BCUT2D eigenvalue weighted by Gasteiger charge is 2.45. The molecule has 2 unspecified atom stereocenters. The van der Waals surface area contributed by atoms with Gasteiger partial charge >= 0.3 is 0 Å². The lowest BCUT2D eigenvalue weighted by Crippen LogP contribution is -2.53. The van der Waals surface area contributed by atoms with Gasteiger partial charge in [0.15, 0.2) is 0 Å². The van der Waals surface area contributed by atoms with Gasteiger partial charge in [0.25, 0.3) is 0 Å². The van der Waals surface area contributed by atoms with E-state index in [0.717, 1.165) is 24.0 Å². The highest BCUT2D eigenvalue weighted by Crippen LogP contribution is 2.35. The Morgan fingerprint density at radius 3 is 2.00 bits per heavy atom. The third kappa shape index (κ3) is 3.60. The van der Waals surface area contributed by atoms with E-state index in [1.54, 1.807) is 0 Å². The predicted octanol–water partition coefficient (Wildman–Crippen LogP) is 1.57. The fourth-order valence-corrected chi connectivity index (χ4v) is 5.53. The Morgan fingerprint density at radius 2 is 1.39 bits per heavy atom. The Bertz CT molecular complexity index is 385. The van der Waals surface area contributed by atoms with E-state index in [0.29, 0.717) is 0 Å². The van der Waals surface area contributed by atoms with E-state index in [4.69, 9.17) is 0 Å². The lowest BCUT2D eigenvalue weighted by molar-refractivity contribution is 0.0571. The minimum absolute atomic E-state index is 0.880. The van der Waals surface area contributed by atoms with Crippen LogP contribution in [-0.2, 0) is 0 Å². The van der Waals surface area contributed by atoms with Crippen molar-refractivity contribution in [1.29, 1.82) is 0 Å². The topological polar surface area (TPSA) is 13.0 Å². The van der Waals surface area contributed by atoms with Crippen molar-refractivity contribution in [3.05, 3.63) is 0 Å². The van der Waals surface area contributed by atoms with Crippen LogP contribution >= 0.6 is 0 Å². The Morgan fingerprint density at radius 1 is 0.739 bits per heavy atom. The van der Waals surface area contributed by atoms with E-state index < -0.39 is 0 Å². The quantitative estimate of drug-likeness (QED) is 0.779. The van der Waals surface area contributed by atoms with E-state index in [1.165, 1.54) is 84.3 Å². The van der Waals surface area contributed by atoms with Gasteiger partial charge in [0, 0.05) is 31.2 Å². The summed E-state index contributed by atoms with van der Waals surface area (Å²) >= 11 is 0. The largest absolute Gasteiger partial charge is 0.306 e. The zero-order chi connectivity index (χ0) is 15.8. The van der Waals surface area contributed by atoms with Crippen LogP contribution in [0.5, 0.6) is 0 Å². The molecule has 0 aromatic carbocycles. The molecular weight excluding hydrogens is 284 g/mol. The van der Waals surface area contributed by atoms with Crippen molar-refractivity contribution >= 4 is 0 Å². The average molecular weight is 321 g/mol. The zero-order valence-electron chi connectivity index (χ0n) is 15.3. The number of piperidine rings is 2. The highest BCUT2D eigenvalue weighted by atomic mass is 15.4. The summed E-state index contributed by atoms with van der Waals surface area (Å²) in [5.74, 6) is 0.996. The molecule has 4 aliphatic heterocycles. The van der Waals surface area contributed by atoms with E-state index >= 15 is 0 Å². The van der Waals surface area contributed by atoms with Gasteiger partial charge in [-0.15, -0.1) is 0 Å². The van der Waals surface area contributed by atoms with Crippen LogP contribution in [0.1, 0.15) is 38.5 Å². The molecule has 4 heterocycles. The number of hydrogen-bond acceptors (Lipinski definition) is 4. The number of piperazine rings is 1. The van der Waals surface area contributed by atoms with Gasteiger partial charge in [0.05, 0.1) is 0 Å². The van der Waals surface area contributed by atoms with Crippen molar-refractivity contribution in [2.45, 2.75) is 56.7 Å². The molecule has 4 saturated heterocycles. The van der Waals surface area contributed by atoms with Gasteiger partial charge in [0.2, 0.25) is 0 Å². The third-order valence-electron chi connectivity index (χ3n) is 7.22. The van der Waals surface area contributed by atoms with Crippen LogP contribution in [-0.4, -0.2) is 97.6 Å². The maximum atomic E-state index is 2.89. The maximum Gasteiger partial charge on any atom is 0.0242 e. The monoisotopic (exact) mass is 320 g/mol. The lowest BCUT2D eigenvalue weighted by Gasteiger charge is -2.42. The molecule has 4 aliphatic rings. The SMILES string of the molecule is CN1CCC(CCN2CC3CC2CN3C2CCN(C)CC2)CC1. The Hall–Kier alpha value is -0.160. The summed E-state index contributed by atoms with van der Waals surface area (Å²) in [4.78, 5) is 10.7. The summed E-state index contributed by atoms with van der Waals surface area (Å²) in [6.45, 7) is 9.35. The smallest absolute Gasteiger partial charge is 0.0242 e. The summed E-state index contributed by atoms with van der Waals surface area (Å²) in [6, 6.07) is 2.65. The number of rotatable bonds is 4. The molecule has 0 spiro atoms. The molecule has 0 N–H and O–H groups in total. The first kappa shape index (κ1) is 16.3. The minimum atomic E-state index is 0.880. The van der Waals surface area contributed by atoms with Crippen molar-refractivity contribution in [3.63, 3.8) is 0 Å². The highest BCUT2D eigenvalue weighted by molar-refractivity contribution is 5.02. The number of fused-ring (bicyclic) bond motifs is 2. The van der Waals surface area contributed by atoms with Gasteiger partial charge in [-0.2, -0.15) is 0 Å². The van der Waals surface area contributed by atoms with Gasteiger partial charge in [-0.25, -0.2) is 0 Å². The van der Waals surface area contributed by atoms with Crippen molar-refractivity contribution in [2.75, 3.05) is 59.9 Å². The molecule has 2 bridgehead atoms. The molecule has 4 fully saturated rings. The molecule has 0 amide bonds. The van der Waals surface area contributed by atoms with Crippen LogP contribution in [0.2, 0.25) is 0 Å². The first-order valence-corrected chi connectivity index (χ1v) is 10.1. The first-order valence-electron chi connectivity index (χ1n) is 10.1. The maximum absolute atomic E-state index is 2.89. The summed E-state index contributed by atoms with van der Waals surface area (Å²) in [6.07, 6.45) is 8.57. The summed E-state index contributed by atoms with van der Waals surface area (Å²) in [5, 5.41) is 0. The van der Waals surface area contributed by atoms with Gasteiger partial charge in [0.1, 0.15) is 0 Å². The van der Waals surface area contributed by atoms with E-state index in [2.05, 4.69) is 33.7 Å². The predicted molar refractivity (Wildman–Crippen MR) is 95.8 cm³/mol. The normalized spacial score (nSPS) is 36.3. The second kappa shape index (κ2) is 6.99. The molecular formula is C19H36N4. The number of nitrogens with zero attached hydrogens (tertiary/aromatic N) is 4. The summed E-state index contributed by atoms with van der Waals surface area (Å²) in [5.41, 5.74) is 0. The second-order valence-corrected chi connectivity index (χ2v) is 8.80. The van der Waals surface area contributed by atoms with Crippen LogP contribution < -0.4 is 0 Å². The summed E-state index contributed by atoms with van der Waals surface area (Å²) < 4.78 is 0. The molecule has 0 aliphatic carbocycles. The van der Waals surface area contributed by atoms with E-state index in [9.17, 15) is 0 Å². The lowest BCUT2D eigenvalue weighted by atomic mass is 9.93. The Balaban J connectivity index is 1.22. The van der Waals surface area contributed by atoms with Crippen molar-refractivity contribution in [3.8, 4) is 0 Å². The van der Waals surface area contributed by atoms with Gasteiger partial charge in [-0.1, -0.05) is 0 Å². The molecule has 0 aromatic heterocycles. The minimum Gasteiger partial charge on any atom is -0.306 e. The van der Waals surface area contributed by atoms with Crippen LogP contribution in [0, 0.1) is 5.92 Å². The van der Waals surface area contributed by atoms with Crippen LogP contribution in [0.15, 0.2) is 0 Å². The van der Waals surface area contributed by atoms with Crippen LogP contribution in [0.4, 0.5) is 0 Å². The van der Waals surface area contributed by atoms with Crippen LogP contribution in [0.3, 0.4) is 0 Å². The molecule has 2 atom stereocenters. The Kier molecular flexibility index (Phi) is 4.96. The zero-order valence-corrected chi connectivity index (χ0v) is 15.3. The molecule has 23 heavy (non-hydrogen) atoms. The van der Waals surface area contributed by atoms with Gasteiger partial charge < -0.3 is 9.80 Å². The van der Waals surface area contributed by atoms with E-state index in [1.807, 2.05) is 0 Å². The molecule has 0 saturated carbocycles. The molecule has 4 heteroatoms. The molecule has 0 radical (unpaired) electrons. The fourth-order valence-electron chi connectivity index (χ4n) is 5.53. The van der Waals surface area contributed by atoms with Gasteiger partial charge in [-0.3, -0.25) is 9.80 Å². The van der Waals surface area contributed by atoms with Crippen molar-refractivity contribution in [2.24, 2.45) is 5.92 Å². The van der Waals surface area contributed by atoms with Crippen molar-refractivity contribution < 1.29 is 0 Å². The Labute approximate surface area is 142 Å². The second-order valence-electron chi connectivity index (χ2n) is 8.80. The molecule has 4 rings (SSSR count). The summed E-state index contributed by atoms with van der Waals surface area (Å²) in [7, 11) is 4.55. The average Bonchev–Trinajstić information content (AvgIpc) is 3.15. The van der Waals surface area contributed by atoms with Crippen LogP contribution in [0.25, 0.3) is 0 Å². The first-order chi connectivity index (χ1) is 11.2. The van der Waals surface area contributed by atoms with Crippen molar-refractivity contribution in [1.82, 2.24) is 19.6 Å². The molecule has 0 aromatic rings. The van der Waals surface area contributed by atoms with E-state index in [-0.39, 0.29) is 0 Å². The van der Waals surface area contributed by atoms with Gasteiger partial charge in [-0.05, 0) is 91.3 Å². The third-order valence-corrected chi connectivity index (χ3v) is 7.22. The standard InChI is InChI=1S/C19H36N4/c1-20-8-3-16(4-9-20)5-12-22-14-19-13-18(22)15-23(19)17-6-10-21(2)11-7-17/h16-19H,3-15H2,1-2H3. The molecule has 4 nitrogen and oxygen atoms in total. The number of hydrogen-bond donors (Lipinski definition) is 0.